The number of rotatable bonds is 9. The lowest BCUT2D eigenvalue weighted by Gasteiger charge is -2.10. The van der Waals surface area contributed by atoms with E-state index in [-0.39, 0.29) is 39.5 Å². The van der Waals surface area contributed by atoms with Gasteiger partial charge >= 0.3 is 5.97 Å². The molecule has 1 heterocycles. The Morgan fingerprint density at radius 1 is 1.00 bits per heavy atom. The fourth-order valence-corrected chi connectivity index (χ4v) is 4.13. The summed E-state index contributed by atoms with van der Waals surface area (Å²) in [7, 11) is 0. The van der Waals surface area contributed by atoms with Gasteiger partial charge in [0.25, 0.3) is 5.91 Å². The number of carboxylic acid groups (broad SMARTS) is 1. The number of thioether (sulfide) groups is 1. The van der Waals surface area contributed by atoms with Gasteiger partial charge in [0.15, 0.2) is 11.0 Å². The normalized spacial score (nSPS) is 10.7. The molecule has 2 aromatic carbocycles. The minimum atomic E-state index is -1.13. The van der Waals surface area contributed by atoms with E-state index < -0.39 is 11.9 Å². The van der Waals surface area contributed by atoms with Crippen molar-refractivity contribution < 1.29 is 19.5 Å². The maximum atomic E-state index is 12.4. The van der Waals surface area contributed by atoms with E-state index in [4.69, 9.17) is 39.9 Å². The predicted octanol–water partition coefficient (Wildman–Crippen LogP) is 4.62. The van der Waals surface area contributed by atoms with Crippen LogP contribution in [0.25, 0.3) is 0 Å². The lowest BCUT2D eigenvalue weighted by molar-refractivity contribution is -0.113. The fourth-order valence-electron chi connectivity index (χ4n) is 2.84. The molecule has 0 atom stereocenters. The molecule has 13 heteroatoms. The van der Waals surface area contributed by atoms with E-state index in [1.54, 1.807) is 10.6 Å². The zero-order valence-electron chi connectivity index (χ0n) is 17.6. The topological polar surface area (TPSA) is 126 Å². The Morgan fingerprint density at radius 3 is 2.38 bits per heavy atom. The van der Waals surface area contributed by atoms with Crippen LogP contribution >= 0.6 is 46.6 Å². The van der Waals surface area contributed by atoms with Gasteiger partial charge in [-0.2, -0.15) is 0 Å². The second kappa shape index (κ2) is 11.6. The number of nitrogens with one attached hydrogen (secondary N) is 2. The Labute approximate surface area is 213 Å². The SMILES string of the molecule is CCn1c(CNC(=O)c2ccc(Cl)c(Cl)c2)nnc1SCC(=O)Nc1cc(C(=O)O)ccc1Cl. The highest BCUT2D eigenvalue weighted by Gasteiger charge is 2.16. The molecule has 34 heavy (non-hydrogen) atoms. The minimum Gasteiger partial charge on any atom is -0.478 e. The Kier molecular flexibility index (Phi) is 8.78. The Bertz CT molecular complexity index is 1250. The Morgan fingerprint density at radius 2 is 1.71 bits per heavy atom. The van der Waals surface area contributed by atoms with Gasteiger partial charge in [-0.05, 0) is 43.3 Å². The van der Waals surface area contributed by atoms with Gasteiger partial charge in [0.2, 0.25) is 5.91 Å². The van der Waals surface area contributed by atoms with E-state index in [0.29, 0.717) is 28.1 Å². The molecule has 3 N–H and O–H groups in total. The molecule has 3 rings (SSSR count). The van der Waals surface area contributed by atoms with Gasteiger partial charge < -0.3 is 20.3 Å². The smallest absolute Gasteiger partial charge is 0.335 e. The average Bonchev–Trinajstić information content (AvgIpc) is 3.20. The van der Waals surface area contributed by atoms with Gasteiger partial charge in [-0.15, -0.1) is 10.2 Å². The first-order valence-corrected chi connectivity index (χ1v) is 11.9. The number of nitrogens with zero attached hydrogens (tertiary/aromatic N) is 3. The first kappa shape index (κ1) is 25.8. The third-order valence-electron chi connectivity index (χ3n) is 4.52. The average molecular weight is 543 g/mol. The van der Waals surface area contributed by atoms with Crippen molar-refractivity contribution in [1.29, 1.82) is 0 Å². The highest BCUT2D eigenvalue weighted by atomic mass is 35.5. The number of halogens is 3. The molecule has 0 saturated heterocycles. The molecule has 0 unspecified atom stereocenters. The number of carbonyl (C=O) groups excluding carboxylic acids is 2. The van der Waals surface area contributed by atoms with Crippen LogP contribution < -0.4 is 10.6 Å². The molecule has 0 saturated carbocycles. The Balaban J connectivity index is 1.60. The summed E-state index contributed by atoms with van der Waals surface area (Å²) in [6.07, 6.45) is 0. The van der Waals surface area contributed by atoms with Crippen molar-refractivity contribution in [3.63, 3.8) is 0 Å². The van der Waals surface area contributed by atoms with Gasteiger partial charge in [-0.1, -0.05) is 46.6 Å². The van der Waals surface area contributed by atoms with Crippen molar-refractivity contribution >= 4 is 70.0 Å². The van der Waals surface area contributed by atoms with Crippen molar-refractivity contribution in [2.45, 2.75) is 25.2 Å². The molecule has 3 aromatic rings. The van der Waals surface area contributed by atoms with E-state index in [0.717, 1.165) is 11.8 Å². The number of carbonyl (C=O) groups is 3. The molecule has 0 aliphatic carbocycles. The molecule has 0 fully saturated rings. The van der Waals surface area contributed by atoms with E-state index in [1.165, 1.54) is 30.3 Å². The second-order valence-electron chi connectivity index (χ2n) is 6.79. The zero-order chi connectivity index (χ0) is 24.8. The maximum Gasteiger partial charge on any atom is 0.335 e. The van der Waals surface area contributed by atoms with Crippen LogP contribution in [0.4, 0.5) is 5.69 Å². The van der Waals surface area contributed by atoms with Crippen LogP contribution in [-0.4, -0.2) is 43.4 Å². The van der Waals surface area contributed by atoms with Crippen LogP contribution in [0.3, 0.4) is 0 Å². The molecular formula is C21H18Cl3N5O4S. The van der Waals surface area contributed by atoms with Crippen LogP contribution in [0, 0.1) is 0 Å². The number of aromatic carboxylic acids is 1. The molecule has 2 amide bonds. The predicted molar refractivity (Wildman–Crippen MR) is 131 cm³/mol. The van der Waals surface area contributed by atoms with Crippen LogP contribution in [0.1, 0.15) is 33.5 Å². The largest absolute Gasteiger partial charge is 0.478 e. The molecule has 1 aromatic heterocycles. The Hall–Kier alpha value is -2.79. The van der Waals surface area contributed by atoms with Crippen LogP contribution in [-0.2, 0) is 17.9 Å². The third kappa shape index (κ3) is 6.41. The highest BCUT2D eigenvalue weighted by molar-refractivity contribution is 7.99. The number of benzene rings is 2. The summed E-state index contributed by atoms with van der Waals surface area (Å²) in [5.74, 6) is -1.37. The van der Waals surface area contributed by atoms with Gasteiger partial charge in [0, 0.05) is 12.1 Å². The minimum absolute atomic E-state index is 0.00522. The van der Waals surface area contributed by atoms with Crippen LogP contribution in [0.15, 0.2) is 41.6 Å². The summed E-state index contributed by atoms with van der Waals surface area (Å²) in [5.41, 5.74) is 0.564. The summed E-state index contributed by atoms with van der Waals surface area (Å²) in [6.45, 7) is 2.51. The van der Waals surface area contributed by atoms with Crippen LogP contribution in [0.5, 0.6) is 0 Å². The fraction of sp³-hybridized carbons (Fsp3) is 0.190. The molecule has 0 aliphatic heterocycles. The molecule has 0 spiro atoms. The van der Waals surface area contributed by atoms with E-state index in [1.807, 2.05) is 6.92 Å². The number of carboxylic acids is 1. The number of anilines is 1. The van der Waals surface area contributed by atoms with Gasteiger partial charge in [0.1, 0.15) is 0 Å². The summed E-state index contributed by atoms with van der Waals surface area (Å²) in [4.78, 5) is 35.9. The van der Waals surface area contributed by atoms with Crippen molar-refractivity contribution in [1.82, 2.24) is 20.1 Å². The number of hydrogen-bond donors (Lipinski definition) is 3. The first-order chi connectivity index (χ1) is 16.2. The molecule has 0 radical (unpaired) electrons. The third-order valence-corrected chi connectivity index (χ3v) is 6.55. The van der Waals surface area contributed by atoms with E-state index in [9.17, 15) is 14.4 Å². The van der Waals surface area contributed by atoms with Crippen LogP contribution in [0.2, 0.25) is 15.1 Å². The summed E-state index contributed by atoms with van der Waals surface area (Å²) in [5, 5.41) is 24.0. The van der Waals surface area contributed by atoms with Crippen molar-refractivity contribution in [2.75, 3.05) is 11.1 Å². The zero-order valence-corrected chi connectivity index (χ0v) is 20.7. The van der Waals surface area contributed by atoms with Gasteiger partial charge in [0.05, 0.1) is 38.6 Å². The van der Waals surface area contributed by atoms with Crippen molar-refractivity contribution in [3.05, 3.63) is 68.4 Å². The lowest BCUT2D eigenvalue weighted by atomic mass is 10.2. The summed E-state index contributed by atoms with van der Waals surface area (Å²) in [6, 6.07) is 8.61. The number of aromatic nitrogens is 3. The second-order valence-corrected chi connectivity index (χ2v) is 8.96. The van der Waals surface area contributed by atoms with Gasteiger partial charge in [-0.25, -0.2) is 4.79 Å². The quantitative estimate of drug-likeness (QED) is 0.337. The standard InChI is InChI=1S/C21H18Cl3N5O4S/c1-2-29-17(9-25-19(31)11-3-5-13(22)15(24)7-11)27-28-21(29)34-10-18(30)26-16-8-12(20(32)33)4-6-14(16)23/h3-8H,2,9-10H2,1H3,(H,25,31)(H,26,30)(H,32,33). The van der Waals surface area contributed by atoms with Gasteiger partial charge in [-0.3, -0.25) is 9.59 Å². The summed E-state index contributed by atoms with van der Waals surface area (Å²) >= 11 is 19.0. The highest BCUT2D eigenvalue weighted by Crippen LogP contribution is 2.25. The molecule has 178 valence electrons. The summed E-state index contributed by atoms with van der Waals surface area (Å²) < 4.78 is 1.77. The maximum absolute atomic E-state index is 12.4. The molecule has 9 nitrogen and oxygen atoms in total. The number of hydrogen-bond acceptors (Lipinski definition) is 6. The molecular weight excluding hydrogens is 525 g/mol. The number of amides is 2. The first-order valence-electron chi connectivity index (χ1n) is 9.80. The monoisotopic (exact) mass is 541 g/mol. The van der Waals surface area contributed by atoms with Crippen molar-refractivity contribution in [3.8, 4) is 0 Å². The van der Waals surface area contributed by atoms with Crippen molar-refractivity contribution in [2.24, 2.45) is 0 Å². The van der Waals surface area contributed by atoms with E-state index >= 15 is 0 Å². The molecule has 0 bridgehead atoms. The lowest BCUT2D eigenvalue weighted by Crippen LogP contribution is -2.24. The van der Waals surface area contributed by atoms with E-state index in [2.05, 4.69) is 20.8 Å². The molecule has 0 aliphatic rings.